The predicted octanol–water partition coefficient (Wildman–Crippen LogP) is 2.66. The van der Waals surface area contributed by atoms with Gasteiger partial charge in [-0.15, -0.1) is 0 Å². The van der Waals surface area contributed by atoms with Crippen LogP contribution in [0.2, 0.25) is 0 Å². The maximum Gasteiger partial charge on any atom is 0.131 e. The third-order valence-corrected chi connectivity index (χ3v) is 4.09. The van der Waals surface area contributed by atoms with E-state index in [-0.39, 0.29) is 5.82 Å². The lowest BCUT2D eigenvalue weighted by Gasteiger charge is -2.23. The van der Waals surface area contributed by atoms with Crippen LogP contribution in [0.1, 0.15) is 42.4 Å². The van der Waals surface area contributed by atoms with Crippen molar-refractivity contribution in [2.75, 3.05) is 7.11 Å². The van der Waals surface area contributed by atoms with Crippen LogP contribution >= 0.6 is 0 Å². The van der Waals surface area contributed by atoms with Crippen LogP contribution in [0.3, 0.4) is 0 Å². The minimum atomic E-state index is -0.427. The zero-order valence-electron chi connectivity index (χ0n) is 10.2. The molecule has 0 saturated heterocycles. The molecule has 1 saturated carbocycles. The van der Waals surface area contributed by atoms with E-state index >= 15 is 0 Å². The standard InChI is InChI=1S/C14H18FNO/c1-17-12-8-11(14(16)6-7-14)13(15)10-5-3-2-4-9(10)12/h8H,2-7,16H2,1H3. The summed E-state index contributed by atoms with van der Waals surface area (Å²) >= 11 is 0. The summed E-state index contributed by atoms with van der Waals surface area (Å²) in [5, 5.41) is 0. The number of hydrogen-bond acceptors (Lipinski definition) is 2. The highest BCUT2D eigenvalue weighted by Gasteiger charge is 2.43. The van der Waals surface area contributed by atoms with Crippen molar-refractivity contribution in [1.29, 1.82) is 0 Å². The molecule has 3 rings (SSSR count). The monoisotopic (exact) mass is 235 g/mol. The lowest BCUT2D eigenvalue weighted by molar-refractivity contribution is 0.400. The quantitative estimate of drug-likeness (QED) is 0.855. The van der Waals surface area contributed by atoms with E-state index in [0.29, 0.717) is 5.56 Å². The Hall–Kier alpha value is -1.09. The van der Waals surface area contributed by atoms with Gasteiger partial charge in [-0.2, -0.15) is 0 Å². The van der Waals surface area contributed by atoms with Gasteiger partial charge in [0.1, 0.15) is 11.6 Å². The number of benzene rings is 1. The molecule has 2 aliphatic carbocycles. The molecule has 2 nitrogen and oxygen atoms in total. The topological polar surface area (TPSA) is 35.2 Å². The van der Waals surface area contributed by atoms with E-state index in [9.17, 15) is 4.39 Å². The second kappa shape index (κ2) is 3.70. The number of methoxy groups -OCH3 is 1. The van der Waals surface area contributed by atoms with Crippen molar-refractivity contribution in [3.05, 3.63) is 28.6 Å². The van der Waals surface area contributed by atoms with Gasteiger partial charge < -0.3 is 10.5 Å². The van der Waals surface area contributed by atoms with Gasteiger partial charge in [-0.1, -0.05) is 0 Å². The molecule has 0 aromatic heterocycles. The maximum absolute atomic E-state index is 14.5. The molecule has 2 aliphatic rings. The molecule has 17 heavy (non-hydrogen) atoms. The molecule has 0 bridgehead atoms. The summed E-state index contributed by atoms with van der Waals surface area (Å²) in [6, 6.07) is 1.83. The van der Waals surface area contributed by atoms with Gasteiger partial charge in [-0.3, -0.25) is 0 Å². The Morgan fingerprint density at radius 2 is 1.88 bits per heavy atom. The van der Waals surface area contributed by atoms with Crippen LogP contribution in [0.5, 0.6) is 5.75 Å². The van der Waals surface area contributed by atoms with Gasteiger partial charge >= 0.3 is 0 Å². The van der Waals surface area contributed by atoms with E-state index in [1.54, 1.807) is 7.11 Å². The highest BCUT2D eigenvalue weighted by Crippen LogP contribution is 2.47. The summed E-state index contributed by atoms with van der Waals surface area (Å²) in [5.74, 6) is 0.758. The molecule has 0 spiro atoms. The minimum Gasteiger partial charge on any atom is -0.496 e. The lowest BCUT2D eigenvalue weighted by Crippen LogP contribution is -2.22. The normalized spacial score (nSPS) is 20.9. The molecule has 0 atom stereocenters. The molecule has 3 heteroatoms. The van der Waals surface area contributed by atoms with Gasteiger partial charge in [0, 0.05) is 16.7 Å². The molecule has 2 N–H and O–H groups in total. The Morgan fingerprint density at radius 1 is 1.24 bits per heavy atom. The summed E-state index contributed by atoms with van der Waals surface area (Å²) in [6.45, 7) is 0. The van der Waals surface area contributed by atoms with Gasteiger partial charge in [0.2, 0.25) is 0 Å². The average molecular weight is 235 g/mol. The third kappa shape index (κ3) is 1.64. The Balaban J connectivity index is 2.18. The van der Waals surface area contributed by atoms with E-state index in [2.05, 4.69) is 0 Å². The zero-order chi connectivity index (χ0) is 12.0. The van der Waals surface area contributed by atoms with Crippen LogP contribution < -0.4 is 10.5 Å². The Kier molecular flexibility index (Phi) is 2.40. The molecular weight excluding hydrogens is 217 g/mol. The molecule has 0 heterocycles. The van der Waals surface area contributed by atoms with Crippen LogP contribution in [-0.4, -0.2) is 7.11 Å². The molecular formula is C14H18FNO. The molecule has 1 aromatic carbocycles. The fraction of sp³-hybridized carbons (Fsp3) is 0.571. The molecule has 0 unspecified atom stereocenters. The summed E-state index contributed by atoms with van der Waals surface area (Å²) in [4.78, 5) is 0. The molecule has 0 radical (unpaired) electrons. The first kappa shape index (κ1) is 11.0. The molecule has 92 valence electrons. The van der Waals surface area contributed by atoms with Gasteiger partial charge in [0.05, 0.1) is 7.11 Å². The molecule has 0 amide bonds. The number of halogens is 1. The second-order valence-corrected chi connectivity index (χ2v) is 5.26. The SMILES string of the molecule is COc1cc(C2(N)CC2)c(F)c2c1CCCC2. The first-order valence-electron chi connectivity index (χ1n) is 6.33. The van der Waals surface area contributed by atoms with Gasteiger partial charge in [-0.05, 0) is 50.2 Å². The average Bonchev–Trinajstić information content (AvgIpc) is 3.09. The molecule has 1 aromatic rings. The van der Waals surface area contributed by atoms with E-state index in [0.717, 1.165) is 55.4 Å². The predicted molar refractivity (Wildman–Crippen MR) is 64.7 cm³/mol. The number of fused-ring (bicyclic) bond motifs is 1. The smallest absolute Gasteiger partial charge is 0.131 e. The van der Waals surface area contributed by atoms with Crippen molar-refractivity contribution < 1.29 is 9.13 Å². The van der Waals surface area contributed by atoms with Gasteiger partial charge in [0.15, 0.2) is 0 Å². The minimum absolute atomic E-state index is 0.0690. The van der Waals surface area contributed by atoms with Crippen LogP contribution in [0.15, 0.2) is 6.07 Å². The highest BCUT2D eigenvalue weighted by molar-refractivity contribution is 5.49. The third-order valence-electron chi connectivity index (χ3n) is 4.09. The summed E-state index contributed by atoms with van der Waals surface area (Å²) < 4.78 is 19.9. The molecule has 0 aliphatic heterocycles. The summed E-state index contributed by atoms with van der Waals surface area (Å²) in [7, 11) is 1.65. The number of hydrogen-bond donors (Lipinski definition) is 1. The van der Waals surface area contributed by atoms with E-state index in [1.165, 1.54) is 0 Å². The maximum atomic E-state index is 14.5. The Bertz CT molecular complexity index is 466. The van der Waals surface area contributed by atoms with E-state index in [1.807, 2.05) is 6.07 Å². The first-order chi connectivity index (χ1) is 8.15. The summed E-state index contributed by atoms with van der Waals surface area (Å²) in [5.41, 5.74) is 8.27. The van der Waals surface area contributed by atoms with Crippen molar-refractivity contribution in [1.82, 2.24) is 0 Å². The van der Waals surface area contributed by atoms with Gasteiger partial charge in [-0.25, -0.2) is 4.39 Å². The van der Waals surface area contributed by atoms with Crippen molar-refractivity contribution in [3.8, 4) is 5.75 Å². The van der Waals surface area contributed by atoms with E-state index in [4.69, 9.17) is 10.5 Å². The fourth-order valence-electron chi connectivity index (χ4n) is 2.81. The number of ether oxygens (including phenoxy) is 1. The second-order valence-electron chi connectivity index (χ2n) is 5.26. The summed E-state index contributed by atoms with van der Waals surface area (Å²) in [6.07, 6.45) is 5.69. The first-order valence-corrected chi connectivity index (χ1v) is 6.33. The Morgan fingerprint density at radius 3 is 2.47 bits per heavy atom. The largest absolute Gasteiger partial charge is 0.496 e. The van der Waals surface area contributed by atoms with Crippen LogP contribution in [0.25, 0.3) is 0 Å². The van der Waals surface area contributed by atoms with Crippen LogP contribution in [0.4, 0.5) is 4.39 Å². The highest BCUT2D eigenvalue weighted by atomic mass is 19.1. The fourth-order valence-corrected chi connectivity index (χ4v) is 2.81. The zero-order valence-corrected chi connectivity index (χ0v) is 10.2. The van der Waals surface area contributed by atoms with Crippen molar-refractivity contribution in [2.45, 2.75) is 44.1 Å². The van der Waals surface area contributed by atoms with Crippen molar-refractivity contribution in [3.63, 3.8) is 0 Å². The van der Waals surface area contributed by atoms with Crippen LogP contribution in [-0.2, 0) is 18.4 Å². The number of nitrogens with two attached hydrogens (primary N) is 1. The van der Waals surface area contributed by atoms with Gasteiger partial charge in [0.25, 0.3) is 0 Å². The number of rotatable bonds is 2. The van der Waals surface area contributed by atoms with Crippen molar-refractivity contribution in [2.24, 2.45) is 5.73 Å². The van der Waals surface area contributed by atoms with Crippen LogP contribution in [0, 0.1) is 5.82 Å². The van der Waals surface area contributed by atoms with E-state index < -0.39 is 5.54 Å². The van der Waals surface area contributed by atoms with Crippen molar-refractivity contribution >= 4 is 0 Å². The lowest BCUT2D eigenvalue weighted by atomic mass is 9.87. The Labute approximate surface area is 101 Å². The molecule has 1 fully saturated rings.